The van der Waals surface area contributed by atoms with Gasteiger partial charge in [0, 0.05) is 5.56 Å². The molecular formula is C12H6Cl2F3N. The highest BCUT2D eigenvalue weighted by Crippen LogP contribution is 2.34. The highest BCUT2D eigenvalue weighted by Gasteiger charge is 2.30. The molecule has 0 N–H and O–H groups in total. The van der Waals surface area contributed by atoms with Gasteiger partial charge in [0.25, 0.3) is 0 Å². The van der Waals surface area contributed by atoms with Gasteiger partial charge in [-0.3, -0.25) is 0 Å². The van der Waals surface area contributed by atoms with Gasteiger partial charge in [-0.2, -0.15) is 13.2 Å². The quantitative estimate of drug-likeness (QED) is 0.668. The Balaban J connectivity index is 2.51. The Hall–Kier alpha value is -1.26. The van der Waals surface area contributed by atoms with Crippen LogP contribution in [-0.4, -0.2) is 4.98 Å². The maximum Gasteiger partial charge on any atom is 0.416 e. The molecule has 0 aliphatic carbocycles. The summed E-state index contributed by atoms with van der Waals surface area (Å²) in [6, 6.07) is 7.89. The Kier molecular flexibility index (Phi) is 3.50. The largest absolute Gasteiger partial charge is 0.416 e. The number of hydrogen-bond donors (Lipinski definition) is 0. The number of halogens is 5. The van der Waals surface area contributed by atoms with Gasteiger partial charge in [0.05, 0.1) is 5.56 Å². The first kappa shape index (κ1) is 13.2. The van der Waals surface area contributed by atoms with Gasteiger partial charge < -0.3 is 0 Å². The van der Waals surface area contributed by atoms with Crippen molar-refractivity contribution in [1.82, 2.24) is 4.98 Å². The molecule has 0 aliphatic rings. The lowest BCUT2D eigenvalue weighted by atomic mass is 10.0. The van der Waals surface area contributed by atoms with Gasteiger partial charge in [0.2, 0.25) is 0 Å². The Bertz CT molecular complexity index is 582. The predicted octanol–water partition coefficient (Wildman–Crippen LogP) is 5.07. The van der Waals surface area contributed by atoms with Gasteiger partial charge in [-0.1, -0.05) is 35.3 Å². The van der Waals surface area contributed by atoms with Crippen molar-refractivity contribution in [2.75, 3.05) is 0 Å². The minimum Gasteiger partial charge on any atom is -0.224 e. The van der Waals surface area contributed by atoms with Crippen LogP contribution in [0.3, 0.4) is 0 Å². The van der Waals surface area contributed by atoms with Gasteiger partial charge in [-0.25, -0.2) is 4.98 Å². The van der Waals surface area contributed by atoms with Crippen LogP contribution in [0.2, 0.25) is 10.3 Å². The molecule has 0 unspecified atom stereocenters. The van der Waals surface area contributed by atoms with Crippen LogP contribution in [0.15, 0.2) is 36.4 Å². The normalized spacial score (nSPS) is 11.6. The first-order valence-corrected chi connectivity index (χ1v) is 5.63. The molecule has 0 atom stereocenters. The Labute approximate surface area is 111 Å². The van der Waals surface area contributed by atoms with E-state index in [9.17, 15) is 13.2 Å². The average molecular weight is 292 g/mol. The fourth-order valence-corrected chi connectivity index (χ4v) is 1.94. The summed E-state index contributed by atoms with van der Waals surface area (Å²) < 4.78 is 37.7. The Morgan fingerprint density at radius 1 is 1.00 bits per heavy atom. The van der Waals surface area contributed by atoms with Crippen molar-refractivity contribution in [1.29, 1.82) is 0 Å². The molecule has 0 spiro atoms. The van der Waals surface area contributed by atoms with E-state index in [-0.39, 0.29) is 10.3 Å². The SMILES string of the molecule is FC(F)(F)c1cccc(-c2ccc(Cl)nc2Cl)c1. The third-order valence-electron chi connectivity index (χ3n) is 2.32. The third kappa shape index (κ3) is 2.76. The number of hydrogen-bond acceptors (Lipinski definition) is 1. The average Bonchev–Trinajstić information content (AvgIpc) is 2.28. The lowest BCUT2D eigenvalue weighted by Gasteiger charge is -2.09. The summed E-state index contributed by atoms with van der Waals surface area (Å²) in [6.07, 6.45) is -4.39. The minimum atomic E-state index is -4.39. The summed E-state index contributed by atoms with van der Waals surface area (Å²) in [7, 11) is 0. The summed E-state index contributed by atoms with van der Waals surface area (Å²) in [5.74, 6) is 0. The molecule has 0 aliphatic heterocycles. The van der Waals surface area contributed by atoms with E-state index in [0.717, 1.165) is 12.1 Å². The van der Waals surface area contributed by atoms with E-state index in [1.807, 2.05) is 0 Å². The molecule has 0 amide bonds. The van der Waals surface area contributed by atoms with Crippen LogP contribution < -0.4 is 0 Å². The maximum absolute atomic E-state index is 12.6. The second kappa shape index (κ2) is 4.78. The lowest BCUT2D eigenvalue weighted by molar-refractivity contribution is -0.137. The van der Waals surface area contributed by atoms with Crippen LogP contribution in [0.25, 0.3) is 11.1 Å². The second-order valence-electron chi connectivity index (χ2n) is 3.55. The zero-order valence-electron chi connectivity index (χ0n) is 8.80. The Morgan fingerprint density at radius 3 is 2.33 bits per heavy atom. The van der Waals surface area contributed by atoms with Crippen LogP contribution in [0.4, 0.5) is 13.2 Å². The van der Waals surface area contributed by atoms with Gasteiger partial charge in [0.15, 0.2) is 0 Å². The molecule has 1 aromatic carbocycles. The smallest absolute Gasteiger partial charge is 0.224 e. The first-order valence-electron chi connectivity index (χ1n) is 4.87. The van der Waals surface area contributed by atoms with E-state index >= 15 is 0 Å². The number of nitrogens with zero attached hydrogens (tertiary/aromatic N) is 1. The molecule has 0 fully saturated rings. The van der Waals surface area contributed by atoms with E-state index in [4.69, 9.17) is 23.2 Å². The van der Waals surface area contributed by atoms with Crippen molar-refractivity contribution < 1.29 is 13.2 Å². The van der Waals surface area contributed by atoms with Crippen molar-refractivity contribution in [3.05, 3.63) is 52.3 Å². The van der Waals surface area contributed by atoms with Gasteiger partial charge in [-0.05, 0) is 29.8 Å². The topological polar surface area (TPSA) is 12.9 Å². The molecule has 1 nitrogen and oxygen atoms in total. The van der Waals surface area contributed by atoms with Crippen LogP contribution in [0.5, 0.6) is 0 Å². The zero-order chi connectivity index (χ0) is 13.3. The molecule has 94 valence electrons. The molecule has 18 heavy (non-hydrogen) atoms. The molecular weight excluding hydrogens is 286 g/mol. The van der Waals surface area contributed by atoms with Crippen LogP contribution in [0.1, 0.15) is 5.56 Å². The number of alkyl halides is 3. The van der Waals surface area contributed by atoms with Gasteiger partial charge in [-0.15, -0.1) is 0 Å². The highest BCUT2D eigenvalue weighted by atomic mass is 35.5. The van der Waals surface area contributed by atoms with E-state index in [1.54, 1.807) is 0 Å². The maximum atomic E-state index is 12.6. The van der Waals surface area contributed by atoms with Crippen LogP contribution in [-0.2, 0) is 6.18 Å². The van der Waals surface area contributed by atoms with E-state index < -0.39 is 11.7 Å². The molecule has 0 radical (unpaired) electrons. The molecule has 1 aromatic heterocycles. The fourth-order valence-electron chi connectivity index (χ4n) is 1.49. The molecule has 2 aromatic rings. The summed E-state index contributed by atoms with van der Waals surface area (Å²) >= 11 is 11.5. The van der Waals surface area contributed by atoms with Crippen molar-refractivity contribution in [2.45, 2.75) is 6.18 Å². The van der Waals surface area contributed by atoms with E-state index in [1.165, 1.54) is 24.3 Å². The number of benzene rings is 1. The van der Waals surface area contributed by atoms with E-state index in [0.29, 0.717) is 11.1 Å². The predicted molar refractivity (Wildman–Crippen MR) is 64.7 cm³/mol. The first-order chi connectivity index (χ1) is 8.38. The molecule has 1 heterocycles. The minimum absolute atomic E-state index is 0.0711. The monoisotopic (exact) mass is 291 g/mol. The fraction of sp³-hybridized carbons (Fsp3) is 0.0833. The number of pyridine rings is 1. The summed E-state index contributed by atoms with van der Waals surface area (Å²) in [6.45, 7) is 0. The summed E-state index contributed by atoms with van der Waals surface area (Å²) in [5.41, 5.74) is 0.0252. The Morgan fingerprint density at radius 2 is 1.72 bits per heavy atom. The molecule has 0 saturated carbocycles. The summed E-state index contributed by atoms with van der Waals surface area (Å²) in [5, 5.41) is 0.262. The van der Waals surface area contributed by atoms with Gasteiger partial charge >= 0.3 is 6.18 Å². The lowest BCUT2D eigenvalue weighted by Crippen LogP contribution is -2.04. The molecule has 6 heteroatoms. The third-order valence-corrected chi connectivity index (χ3v) is 2.81. The number of aromatic nitrogens is 1. The second-order valence-corrected chi connectivity index (χ2v) is 4.30. The van der Waals surface area contributed by atoms with Crippen molar-refractivity contribution in [3.63, 3.8) is 0 Å². The zero-order valence-corrected chi connectivity index (χ0v) is 10.3. The van der Waals surface area contributed by atoms with E-state index in [2.05, 4.69) is 4.98 Å². The van der Waals surface area contributed by atoms with Crippen LogP contribution >= 0.6 is 23.2 Å². The molecule has 2 rings (SSSR count). The molecule has 0 saturated heterocycles. The standard InChI is InChI=1S/C12H6Cl2F3N/c13-10-5-4-9(11(14)18-10)7-2-1-3-8(6-7)12(15,16)17/h1-6H. The molecule has 0 bridgehead atoms. The summed E-state index contributed by atoms with van der Waals surface area (Å²) in [4.78, 5) is 3.79. The van der Waals surface area contributed by atoms with Crippen molar-refractivity contribution in [2.24, 2.45) is 0 Å². The van der Waals surface area contributed by atoms with Crippen molar-refractivity contribution >= 4 is 23.2 Å². The number of rotatable bonds is 1. The van der Waals surface area contributed by atoms with Crippen molar-refractivity contribution in [3.8, 4) is 11.1 Å². The van der Waals surface area contributed by atoms with Crippen LogP contribution in [0, 0.1) is 0 Å². The highest BCUT2D eigenvalue weighted by molar-refractivity contribution is 6.34. The van der Waals surface area contributed by atoms with Gasteiger partial charge in [0.1, 0.15) is 10.3 Å².